The Bertz CT molecular complexity index is 348. The summed E-state index contributed by atoms with van der Waals surface area (Å²) < 4.78 is 5.44. The summed E-state index contributed by atoms with van der Waals surface area (Å²) >= 11 is 0. The molecule has 1 aliphatic rings. The fraction of sp³-hybridized carbons (Fsp3) is 0.857. The largest absolute Gasteiger partial charge is 0.480 e. The summed E-state index contributed by atoms with van der Waals surface area (Å²) in [6.45, 7) is 5.11. The number of likely N-dealkylation sites (tertiary alicyclic amines) is 1. The molecule has 1 aliphatic heterocycles. The van der Waals surface area contributed by atoms with Crippen molar-refractivity contribution in [3.8, 4) is 0 Å². The lowest BCUT2D eigenvalue weighted by atomic mass is 9.95. The van der Waals surface area contributed by atoms with Crippen molar-refractivity contribution in [3.63, 3.8) is 0 Å². The van der Waals surface area contributed by atoms with Crippen molar-refractivity contribution in [2.75, 3.05) is 20.2 Å². The first-order valence-corrected chi connectivity index (χ1v) is 7.25. The molecule has 6 heteroatoms. The second kappa shape index (κ2) is 7.47. The van der Waals surface area contributed by atoms with Gasteiger partial charge in [-0.3, -0.25) is 0 Å². The van der Waals surface area contributed by atoms with Crippen LogP contribution in [0.2, 0.25) is 0 Å². The molecule has 0 bridgehead atoms. The van der Waals surface area contributed by atoms with E-state index in [0.717, 1.165) is 25.7 Å². The number of urea groups is 1. The van der Waals surface area contributed by atoms with Crippen molar-refractivity contribution in [2.24, 2.45) is 0 Å². The van der Waals surface area contributed by atoms with E-state index >= 15 is 0 Å². The molecular weight excluding hydrogens is 260 g/mol. The minimum Gasteiger partial charge on any atom is -0.480 e. The lowest BCUT2D eigenvalue weighted by Crippen LogP contribution is -2.55. The number of carbonyl (C=O) groups excluding carboxylic acids is 1. The Morgan fingerprint density at radius 1 is 1.50 bits per heavy atom. The molecule has 116 valence electrons. The third-order valence-corrected chi connectivity index (χ3v) is 3.88. The van der Waals surface area contributed by atoms with Crippen LogP contribution in [0.15, 0.2) is 0 Å². The number of carboxylic acids is 1. The average molecular weight is 286 g/mol. The molecule has 2 N–H and O–H groups in total. The van der Waals surface area contributed by atoms with Gasteiger partial charge in [0.2, 0.25) is 0 Å². The van der Waals surface area contributed by atoms with Crippen molar-refractivity contribution in [2.45, 2.75) is 57.6 Å². The molecule has 2 unspecified atom stereocenters. The second-order valence-corrected chi connectivity index (χ2v) is 5.66. The standard InChI is InChI=1S/C14H26N2O4/c1-4-5-7-11(12(17)18)15-13(19)16-9-6-8-14(2,10-16)20-3/h11H,4-10H2,1-3H3,(H,15,19)(H,17,18). The summed E-state index contributed by atoms with van der Waals surface area (Å²) in [6.07, 6.45) is 3.93. The Hall–Kier alpha value is -1.30. The van der Waals surface area contributed by atoms with E-state index in [9.17, 15) is 9.59 Å². The number of piperidine rings is 1. The van der Waals surface area contributed by atoms with Gasteiger partial charge >= 0.3 is 12.0 Å². The first kappa shape index (κ1) is 16.8. The normalized spacial score (nSPS) is 24.2. The smallest absolute Gasteiger partial charge is 0.326 e. The molecule has 0 aliphatic carbocycles. The number of nitrogens with zero attached hydrogens (tertiary/aromatic N) is 1. The van der Waals surface area contributed by atoms with Crippen molar-refractivity contribution >= 4 is 12.0 Å². The zero-order valence-corrected chi connectivity index (χ0v) is 12.6. The Balaban J connectivity index is 2.57. The highest BCUT2D eigenvalue weighted by atomic mass is 16.5. The van der Waals surface area contributed by atoms with Gasteiger partial charge in [-0.15, -0.1) is 0 Å². The van der Waals surface area contributed by atoms with E-state index in [1.807, 2.05) is 13.8 Å². The van der Waals surface area contributed by atoms with E-state index in [1.165, 1.54) is 0 Å². The predicted molar refractivity (Wildman–Crippen MR) is 75.7 cm³/mol. The first-order valence-electron chi connectivity index (χ1n) is 7.25. The lowest BCUT2D eigenvalue weighted by molar-refractivity contribution is -0.139. The number of aliphatic carboxylic acids is 1. The maximum atomic E-state index is 12.2. The van der Waals surface area contributed by atoms with Crippen LogP contribution in [0.25, 0.3) is 0 Å². The van der Waals surface area contributed by atoms with Gasteiger partial charge in [0.15, 0.2) is 0 Å². The number of nitrogens with one attached hydrogen (secondary N) is 1. The third-order valence-electron chi connectivity index (χ3n) is 3.88. The van der Waals surface area contributed by atoms with Crippen LogP contribution in [0.1, 0.15) is 46.0 Å². The van der Waals surface area contributed by atoms with E-state index in [2.05, 4.69) is 5.32 Å². The Labute approximate surface area is 120 Å². The molecule has 20 heavy (non-hydrogen) atoms. The summed E-state index contributed by atoms with van der Waals surface area (Å²) in [5.74, 6) is -0.974. The number of amides is 2. The molecule has 2 atom stereocenters. The maximum Gasteiger partial charge on any atom is 0.326 e. The van der Waals surface area contributed by atoms with Crippen molar-refractivity contribution in [3.05, 3.63) is 0 Å². The molecule has 1 saturated heterocycles. The summed E-state index contributed by atoms with van der Waals surface area (Å²) in [5, 5.41) is 11.8. The molecule has 0 radical (unpaired) electrons. The van der Waals surface area contributed by atoms with E-state index in [-0.39, 0.29) is 11.6 Å². The number of hydrogen-bond acceptors (Lipinski definition) is 3. The zero-order chi connectivity index (χ0) is 15.2. The SMILES string of the molecule is CCCCC(NC(=O)N1CCCC(C)(OC)C1)C(=O)O. The Morgan fingerprint density at radius 3 is 2.75 bits per heavy atom. The van der Waals surface area contributed by atoms with Crippen LogP contribution in [0.4, 0.5) is 4.79 Å². The van der Waals surface area contributed by atoms with Crippen molar-refractivity contribution in [1.82, 2.24) is 10.2 Å². The third kappa shape index (κ3) is 4.67. The van der Waals surface area contributed by atoms with Gasteiger partial charge in [0.1, 0.15) is 6.04 Å². The van der Waals surface area contributed by atoms with Crippen LogP contribution in [-0.4, -0.2) is 53.8 Å². The first-order chi connectivity index (χ1) is 9.41. The van der Waals surface area contributed by atoms with Gasteiger partial charge in [0, 0.05) is 13.7 Å². The number of ether oxygens (including phenoxy) is 1. The average Bonchev–Trinajstić information content (AvgIpc) is 2.43. The van der Waals surface area contributed by atoms with Crippen LogP contribution >= 0.6 is 0 Å². The number of hydrogen-bond donors (Lipinski definition) is 2. The fourth-order valence-corrected chi connectivity index (χ4v) is 2.45. The Morgan fingerprint density at radius 2 is 2.20 bits per heavy atom. The van der Waals surface area contributed by atoms with Gasteiger partial charge in [0.25, 0.3) is 0 Å². The molecule has 0 spiro atoms. The molecule has 0 aromatic heterocycles. The highest BCUT2D eigenvalue weighted by Crippen LogP contribution is 2.23. The molecule has 1 rings (SSSR count). The van der Waals surface area contributed by atoms with Crippen LogP contribution in [0.5, 0.6) is 0 Å². The Kier molecular flexibility index (Phi) is 6.26. The summed E-state index contributed by atoms with van der Waals surface area (Å²) in [7, 11) is 1.64. The topological polar surface area (TPSA) is 78.9 Å². The van der Waals surface area contributed by atoms with Crippen molar-refractivity contribution in [1.29, 1.82) is 0 Å². The van der Waals surface area contributed by atoms with Crippen LogP contribution in [0.3, 0.4) is 0 Å². The second-order valence-electron chi connectivity index (χ2n) is 5.66. The molecule has 0 aromatic carbocycles. The quantitative estimate of drug-likeness (QED) is 0.781. The maximum absolute atomic E-state index is 12.2. The molecule has 0 saturated carbocycles. The lowest BCUT2D eigenvalue weighted by Gasteiger charge is -2.39. The van der Waals surface area contributed by atoms with Crippen LogP contribution in [-0.2, 0) is 9.53 Å². The number of unbranched alkanes of at least 4 members (excludes halogenated alkanes) is 1. The van der Waals surface area contributed by atoms with Gasteiger partial charge in [-0.1, -0.05) is 19.8 Å². The van der Waals surface area contributed by atoms with Crippen LogP contribution in [0, 0.1) is 0 Å². The van der Waals surface area contributed by atoms with Crippen LogP contribution < -0.4 is 5.32 Å². The number of rotatable bonds is 6. The minimum atomic E-state index is -0.974. The highest BCUT2D eigenvalue weighted by Gasteiger charge is 2.34. The van der Waals surface area contributed by atoms with E-state index in [4.69, 9.17) is 9.84 Å². The van der Waals surface area contributed by atoms with Gasteiger partial charge in [0.05, 0.1) is 12.1 Å². The summed E-state index contributed by atoms with van der Waals surface area (Å²) in [6, 6.07) is -1.12. The van der Waals surface area contributed by atoms with E-state index in [1.54, 1.807) is 12.0 Å². The molecule has 6 nitrogen and oxygen atoms in total. The molecule has 2 amide bonds. The highest BCUT2D eigenvalue weighted by molar-refractivity contribution is 5.82. The fourth-order valence-electron chi connectivity index (χ4n) is 2.45. The molecular formula is C14H26N2O4. The van der Waals surface area contributed by atoms with E-state index in [0.29, 0.717) is 19.5 Å². The molecule has 1 heterocycles. The minimum absolute atomic E-state index is 0.309. The van der Waals surface area contributed by atoms with Gasteiger partial charge in [-0.25, -0.2) is 9.59 Å². The number of methoxy groups -OCH3 is 1. The van der Waals surface area contributed by atoms with E-state index < -0.39 is 12.0 Å². The predicted octanol–water partition coefficient (Wildman–Crippen LogP) is 1.84. The number of carboxylic acid groups (broad SMARTS) is 1. The monoisotopic (exact) mass is 286 g/mol. The zero-order valence-electron chi connectivity index (χ0n) is 12.6. The molecule has 0 aromatic rings. The van der Waals surface area contributed by atoms with Gasteiger partial charge in [-0.05, 0) is 26.2 Å². The summed E-state index contributed by atoms with van der Waals surface area (Å²) in [4.78, 5) is 25.0. The van der Waals surface area contributed by atoms with Gasteiger partial charge < -0.3 is 20.1 Å². The van der Waals surface area contributed by atoms with Gasteiger partial charge in [-0.2, -0.15) is 0 Å². The summed E-state index contributed by atoms with van der Waals surface area (Å²) in [5.41, 5.74) is -0.336. The van der Waals surface area contributed by atoms with Crippen molar-refractivity contribution < 1.29 is 19.4 Å². The molecule has 1 fully saturated rings. The number of carbonyl (C=O) groups is 2.